The molecule has 1 N–H and O–H groups in total. The molecule has 1 heterocycles. The first-order valence-electron chi connectivity index (χ1n) is 7.70. The van der Waals surface area contributed by atoms with E-state index >= 15 is 0 Å². The van der Waals surface area contributed by atoms with Gasteiger partial charge in [0.2, 0.25) is 0 Å². The summed E-state index contributed by atoms with van der Waals surface area (Å²) in [7, 11) is 1.54. The fraction of sp³-hybridized carbons (Fsp3) is 0.158. The maximum atomic E-state index is 12.0. The Morgan fingerprint density at radius 3 is 2.64 bits per heavy atom. The van der Waals surface area contributed by atoms with Gasteiger partial charge >= 0.3 is 5.63 Å². The van der Waals surface area contributed by atoms with Gasteiger partial charge in [0.1, 0.15) is 11.3 Å². The van der Waals surface area contributed by atoms with Crippen molar-refractivity contribution in [3.05, 3.63) is 64.0 Å². The van der Waals surface area contributed by atoms with E-state index in [4.69, 9.17) is 20.8 Å². The van der Waals surface area contributed by atoms with Gasteiger partial charge in [-0.15, -0.1) is 0 Å². The van der Waals surface area contributed by atoms with Crippen LogP contribution in [0, 0.1) is 0 Å². The Hall–Kier alpha value is -2.79. The van der Waals surface area contributed by atoms with Crippen LogP contribution in [0.1, 0.15) is 6.92 Å². The molecule has 0 spiro atoms. The summed E-state index contributed by atoms with van der Waals surface area (Å²) in [4.78, 5) is 23.5. The number of ether oxygens (including phenoxy) is 1. The number of hydrogen-bond acceptors (Lipinski definition) is 4. The number of rotatable bonds is 4. The molecule has 128 valence electrons. The molecule has 1 aromatic heterocycles. The van der Waals surface area contributed by atoms with Crippen LogP contribution in [-0.4, -0.2) is 19.1 Å². The summed E-state index contributed by atoms with van der Waals surface area (Å²) in [5.41, 5.74) is 1.31. The van der Waals surface area contributed by atoms with Crippen molar-refractivity contribution in [2.45, 2.75) is 13.0 Å². The summed E-state index contributed by atoms with van der Waals surface area (Å²) >= 11 is 6.26. The highest BCUT2D eigenvalue weighted by atomic mass is 35.5. The van der Waals surface area contributed by atoms with Crippen molar-refractivity contribution >= 4 is 28.5 Å². The smallest absolute Gasteiger partial charge is 0.336 e. The van der Waals surface area contributed by atoms with E-state index in [2.05, 4.69) is 5.32 Å². The topological polar surface area (TPSA) is 68.5 Å². The fourth-order valence-electron chi connectivity index (χ4n) is 2.58. The van der Waals surface area contributed by atoms with Gasteiger partial charge < -0.3 is 14.5 Å². The molecule has 3 rings (SSSR count). The minimum absolute atomic E-state index is 0.244. The third-order valence-corrected chi connectivity index (χ3v) is 4.14. The monoisotopic (exact) mass is 357 g/mol. The van der Waals surface area contributed by atoms with Gasteiger partial charge in [-0.2, -0.15) is 0 Å². The Labute approximate surface area is 149 Å². The lowest BCUT2D eigenvalue weighted by Crippen LogP contribution is -2.33. The third-order valence-electron chi connectivity index (χ3n) is 3.81. The van der Waals surface area contributed by atoms with Crippen molar-refractivity contribution in [1.82, 2.24) is 5.32 Å². The number of nitrogens with one attached hydrogen (secondary N) is 1. The molecule has 2 aromatic carbocycles. The largest absolute Gasteiger partial charge is 0.481 e. The lowest BCUT2D eigenvalue weighted by Gasteiger charge is -2.14. The second-order valence-corrected chi connectivity index (χ2v) is 5.90. The summed E-state index contributed by atoms with van der Waals surface area (Å²) in [5.74, 6) is 0.189. The lowest BCUT2D eigenvalue weighted by molar-refractivity contribution is -0.126. The van der Waals surface area contributed by atoms with Crippen LogP contribution in [0.3, 0.4) is 0 Å². The average Bonchev–Trinajstić information content (AvgIpc) is 2.60. The molecular formula is C19H16ClNO4. The van der Waals surface area contributed by atoms with E-state index in [1.165, 1.54) is 13.1 Å². The number of amides is 1. The van der Waals surface area contributed by atoms with E-state index < -0.39 is 11.7 Å². The van der Waals surface area contributed by atoms with Crippen LogP contribution in [0.15, 0.2) is 57.7 Å². The molecule has 0 aliphatic carbocycles. The molecular weight excluding hydrogens is 342 g/mol. The van der Waals surface area contributed by atoms with Gasteiger partial charge in [-0.25, -0.2) is 4.79 Å². The predicted molar refractivity (Wildman–Crippen MR) is 97.1 cm³/mol. The summed E-state index contributed by atoms with van der Waals surface area (Å²) < 4.78 is 10.9. The maximum Gasteiger partial charge on any atom is 0.336 e. The van der Waals surface area contributed by atoms with Gasteiger partial charge in [0.05, 0.1) is 0 Å². The van der Waals surface area contributed by atoms with Crippen molar-refractivity contribution in [2.24, 2.45) is 0 Å². The molecule has 0 aliphatic rings. The average molecular weight is 358 g/mol. The Morgan fingerprint density at radius 2 is 1.92 bits per heavy atom. The van der Waals surface area contributed by atoms with Gasteiger partial charge in [0, 0.05) is 40.7 Å². The van der Waals surface area contributed by atoms with Crippen LogP contribution < -0.4 is 15.7 Å². The summed E-state index contributed by atoms with van der Waals surface area (Å²) in [5, 5.41) is 3.79. The molecule has 25 heavy (non-hydrogen) atoms. The van der Waals surface area contributed by atoms with E-state index in [0.29, 0.717) is 21.9 Å². The number of likely N-dealkylation sites (N-methyl/N-ethyl adjacent to an activating group) is 1. The Kier molecular flexibility index (Phi) is 4.76. The number of halogens is 1. The molecule has 0 saturated carbocycles. The third kappa shape index (κ3) is 3.51. The zero-order valence-electron chi connectivity index (χ0n) is 13.7. The molecule has 1 atom stereocenters. The lowest BCUT2D eigenvalue weighted by atomic mass is 10.0. The summed E-state index contributed by atoms with van der Waals surface area (Å²) in [6, 6.07) is 13.8. The Bertz CT molecular complexity index is 996. The molecule has 1 amide bonds. The minimum atomic E-state index is -0.666. The maximum absolute atomic E-state index is 12.0. The quantitative estimate of drug-likeness (QED) is 0.724. The number of hydrogen-bond donors (Lipinski definition) is 1. The molecule has 0 fully saturated rings. The first-order chi connectivity index (χ1) is 12.0. The van der Waals surface area contributed by atoms with Crippen LogP contribution in [-0.2, 0) is 4.79 Å². The van der Waals surface area contributed by atoms with E-state index in [1.54, 1.807) is 31.2 Å². The summed E-state index contributed by atoms with van der Waals surface area (Å²) in [6.45, 7) is 1.64. The Balaban J connectivity index is 2.09. The van der Waals surface area contributed by atoms with Crippen molar-refractivity contribution < 1.29 is 13.9 Å². The molecule has 0 saturated heterocycles. The zero-order chi connectivity index (χ0) is 18.0. The van der Waals surface area contributed by atoms with Crippen LogP contribution in [0.25, 0.3) is 22.1 Å². The molecule has 0 radical (unpaired) electrons. The minimum Gasteiger partial charge on any atom is -0.481 e. The standard InChI is InChI=1S/C19H16ClNO4/c1-11(19(23)21-2)24-12-7-8-14-15(10-18(22)25-17(14)9-12)13-5-3-4-6-16(13)20/h3-11H,1-2H3,(H,21,23). The van der Waals surface area contributed by atoms with Gasteiger partial charge in [0.15, 0.2) is 6.10 Å². The summed E-state index contributed by atoms with van der Waals surface area (Å²) in [6.07, 6.45) is -0.666. The van der Waals surface area contributed by atoms with Crippen LogP contribution >= 0.6 is 11.6 Å². The number of fused-ring (bicyclic) bond motifs is 1. The SMILES string of the molecule is CNC(=O)C(C)Oc1ccc2c(-c3ccccc3Cl)cc(=O)oc2c1. The number of carbonyl (C=O) groups excluding carboxylic acids is 1. The van der Waals surface area contributed by atoms with Crippen molar-refractivity contribution in [1.29, 1.82) is 0 Å². The van der Waals surface area contributed by atoms with Gasteiger partial charge in [-0.05, 0) is 25.1 Å². The highest BCUT2D eigenvalue weighted by Crippen LogP contribution is 2.33. The highest BCUT2D eigenvalue weighted by molar-refractivity contribution is 6.33. The normalized spacial score (nSPS) is 12.0. The fourth-order valence-corrected chi connectivity index (χ4v) is 2.82. The first kappa shape index (κ1) is 17.0. The van der Waals surface area contributed by atoms with Crippen LogP contribution in [0.5, 0.6) is 5.75 Å². The second-order valence-electron chi connectivity index (χ2n) is 5.49. The molecule has 6 heteroatoms. The highest BCUT2D eigenvalue weighted by Gasteiger charge is 2.15. The van der Waals surface area contributed by atoms with Crippen molar-refractivity contribution in [3.63, 3.8) is 0 Å². The van der Waals surface area contributed by atoms with Gasteiger partial charge in [-0.1, -0.05) is 29.8 Å². The van der Waals surface area contributed by atoms with E-state index in [1.807, 2.05) is 18.2 Å². The number of benzene rings is 2. The van der Waals surface area contributed by atoms with Gasteiger partial charge in [-0.3, -0.25) is 4.79 Å². The Morgan fingerprint density at radius 1 is 1.16 bits per heavy atom. The second kappa shape index (κ2) is 6.99. The van der Waals surface area contributed by atoms with E-state index in [-0.39, 0.29) is 5.91 Å². The molecule has 5 nitrogen and oxygen atoms in total. The zero-order valence-corrected chi connectivity index (χ0v) is 14.5. The van der Waals surface area contributed by atoms with E-state index in [0.717, 1.165) is 10.9 Å². The van der Waals surface area contributed by atoms with Crippen molar-refractivity contribution in [3.8, 4) is 16.9 Å². The molecule has 3 aromatic rings. The van der Waals surface area contributed by atoms with E-state index in [9.17, 15) is 9.59 Å². The van der Waals surface area contributed by atoms with Crippen molar-refractivity contribution in [2.75, 3.05) is 7.05 Å². The molecule has 0 aliphatic heterocycles. The predicted octanol–water partition coefficient (Wildman–Crippen LogP) is 3.63. The van der Waals surface area contributed by atoms with Gasteiger partial charge in [0.25, 0.3) is 5.91 Å². The molecule has 1 unspecified atom stereocenters. The van der Waals surface area contributed by atoms with Crippen LogP contribution in [0.4, 0.5) is 0 Å². The first-order valence-corrected chi connectivity index (χ1v) is 8.08. The number of carbonyl (C=O) groups is 1. The molecule has 0 bridgehead atoms. The van der Waals surface area contributed by atoms with Crippen LogP contribution in [0.2, 0.25) is 5.02 Å².